The number of ether oxygens (including phenoxy) is 1. The molecule has 0 aliphatic carbocycles. The number of nitrogens with one attached hydrogen (secondary N) is 2. The van der Waals surface area contributed by atoms with Crippen LogP contribution in [0.25, 0.3) is 0 Å². The number of piperidine rings is 1. The van der Waals surface area contributed by atoms with Crippen LogP contribution < -0.4 is 16.4 Å². The highest BCUT2D eigenvalue weighted by Gasteiger charge is 2.39. The van der Waals surface area contributed by atoms with Gasteiger partial charge >= 0.3 is 0 Å². The third-order valence-corrected chi connectivity index (χ3v) is 6.84. The first-order chi connectivity index (χ1) is 17.2. The van der Waals surface area contributed by atoms with Gasteiger partial charge in [0.15, 0.2) is 0 Å². The van der Waals surface area contributed by atoms with Crippen molar-refractivity contribution in [3.05, 3.63) is 71.8 Å². The van der Waals surface area contributed by atoms with Crippen molar-refractivity contribution in [2.75, 3.05) is 32.8 Å². The lowest BCUT2D eigenvalue weighted by Crippen LogP contribution is -2.62. The molecule has 1 saturated heterocycles. The van der Waals surface area contributed by atoms with E-state index in [0.717, 1.165) is 31.5 Å². The number of nitrogens with zero attached hydrogens (tertiary/aromatic N) is 1. The molecule has 194 valence electrons. The number of benzene rings is 2. The maximum Gasteiger partial charge on any atom is 0.241 e. The van der Waals surface area contributed by atoms with Crippen LogP contribution in [-0.2, 0) is 31.1 Å². The van der Waals surface area contributed by atoms with Crippen molar-refractivity contribution in [3.8, 4) is 0 Å². The molecule has 0 spiro atoms. The Hall–Kier alpha value is -3.07. The van der Waals surface area contributed by atoms with E-state index < -0.39 is 11.6 Å². The highest BCUT2D eigenvalue weighted by Crippen LogP contribution is 2.35. The zero-order chi connectivity index (χ0) is 26.0. The van der Waals surface area contributed by atoms with Crippen LogP contribution in [0.1, 0.15) is 37.8 Å². The highest BCUT2D eigenvalue weighted by molar-refractivity contribution is 5.88. The average molecular weight is 495 g/mol. The van der Waals surface area contributed by atoms with E-state index in [1.165, 1.54) is 12.5 Å². The van der Waals surface area contributed by atoms with E-state index in [4.69, 9.17) is 10.5 Å². The summed E-state index contributed by atoms with van der Waals surface area (Å²) in [5.41, 5.74) is 7.29. The Morgan fingerprint density at radius 2 is 1.72 bits per heavy atom. The SMILES string of the molecule is CC(=O)NCC1(c2ccccc2)CCN(CC(C)(N)C(=O)N[C@@H](C=O)COCc2ccccc2)CC1. The van der Waals surface area contributed by atoms with Crippen molar-refractivity contribution >= 4 is 18.1 Å². The third-order valence-electron chi connectivity index (χ3n) is 6.84. The monoisotopic (exact) mass is 494 g/mol. The predicted octanol–water partition coefficient (Wildman–Crippen LogP) is 1.77. The minimum Gasteiger partial charge on any atom is -0.374 e. The summed E-state index contributed by atoms with van der Waals surface area (Å²) in [6, 6.07) is 19.1. The molecule has 2 aromatic rings. The quantitative estimate of drug-likeness (QED) is 0.388. The molecule has 2 aromatic carbocycles. The Morgan fingerprint density at radius 1 is 1.11 bits per heavy atom. The minimum absolute atomic E-state index is 0.0450. The summed E-state index contributed by atoms with van der Waals surface area (Å²) in [6.45, 7) is 6.07. The Bertz CT molecular complexity index is 989. The van der Waals surface area contributed by atoms with Crippen molar-refractivity contribution in [2.45, 2.75) is 50.3 Å². The van der Waals surface area contributed by atoms with Gasteiger partial charge in [0.05, 0.1) is 13.2 Å². The topological polar surface area (TPSA) is 114 Å². The van der Waals surface area contributed by atoms with Crippen molar-refractivity contribution in [1.29, 1.82) is 0 Å². The van der Waals surface area contributed by atoms with Gasteiger partial charge in [-0.2, -0.15) is 0 Å². The molecule has 0 aromatic heterocycles. The van der Waals surface area contributed by atoms with Gasteiger partial charge in [0.1, 0.15) is 17.9 Å². The van der Waals surface area contributed by atoms with Gasteiger partial charge in [0, 0.05) is 25.4 Å². The fourth-order valence-electron chi connectivity index (χ4n) is 4.65. The van der Waals surface area contributed by atoms with Gasteiger partial charge in [0.2, 0.25) is 11.8 Å². The third kappa shape index (κ3) is 7.71. The first kappa shape index (κ1) is 27.5. The fraction of sp³-hybridized carbons (Fsp3) is 0.464. The van der Waals surface area contributed by atoms with Crippen LogP contribution in [-0.4, -0.2) is 67.4 Å². The number of hydrogen-bond acceptors (Lipinski definition) is 6. The molecule has 0 saturated carbocycles. The molecule has 0 bridgehead atoms. The number of carbonyl (C=O) groups excluding carboxylic acids is 3. The minimum atomic E-state index is -1.18. The molecule has 36 heavy (non-hydrogen) atoms. The van der Waals surface area contributed by atoms with Crippen molar-refractivity contribution < 1.29 is 19.1 Å². The summed E-state index contributed by atoms with van der Waals surface area (Å²) in [5, 5.41) is 5.73. The van der Waals surface area contributed by atoms with Crippen LogP contribution in [0, 0.1) is 0 Å². The highest BCUT2D eigenvalue weighted by atomic mass is 16.5. The standard InChI is InChI=1S/C28H38N4O4/c1-22(34)30-20-28(24-11-7-4-8-12-24)13-15-32(16-14-28)21-27(2,29)26(35)31-25(17-33)19-36-18-23-9-5-3-6-10-23/h3-12,17,25H,13-16,18-21,29H2,1-2H3,(H,30,34)(H,31,35)/t25-,27?/m0/s1. The van der Waals surface area contributed by atoms with E-state index in [-0.39, 0.29) is 23.8 Å². The number of hydrogen-bond donors (Lipinski definition) is 3. The molecule has 1 aliphatic heterocycles. The van der Waals surface area contributed by atoms with Crippen LogP contribution in [0.3, 0.4) is 0 Å². The zero-order valence-electron chi connectivity index (χ0n) is 21.2. The van der Waals surface area contributed by atoms with Gasteiger partial charge in [-0.1, -0.05) is 60.7 Å². The summed E-state index contributed by atoms with van der Waals surface area (Å²) in [5.74, 6) is -0.433. The summed E-state index contributed by atoms with van der Waals surface area (Å²) in [7, 11) is 0. The van der Waals surface area contributed by atoms with Crippen LogP contribution >= 0.6 is 0 Å². The number of rotatable bonds is 12. The van der Waals surface area contributed by atoms with Gasteiger partial charge in [-0.3, -0.25) is 9.59 Å². The Morgan fingerprint density at radius 3 is 2.31 bits per heavy atom. The van der Waals surface area contributed by atoms with E-state index in [1.54, 1.807) is 6.92 Å². The largest absolute Gasteiger partial charge is 0.374 e. The molecule has 2 atom stereocenters. The molecular formula is C28H38N4O4. The maximum atomic E-state index is 12.9. The molecule has 3 rings (SSSR count). The molecule has 1 unspecified atom stereocenters. The van der Waals surface area contributed by atoms with E-state index in [1.807, 2.05) is 48.5 Å². The lowest BCUT2D eigenvalue weighted by molar-refractivity contribution is -0.129. The van der Waals surface area contributed by atoms with Crippen LogP contribution in [0.15, 0.2) is 60.7 Å². The molecule has 0 radical (unpaired) electrons. The van der Waals surface area contributed by atoms with Crippen LogP contribution in [0.4, 0.5) is 0 Å². The molecular weight excluding hydrogens is 456 g/mol. The number of amides is 2. The summed E-state index contributed by atoms with van der Waals surface area (Å²) in [4.78, 5) is 38.3. The van der Waals surface area contributed by atoms with Crippen molar-refractivity contribution in [2.24, 2.45) is 5.73 Å². The number of nitrogens with two attached hydrogens (primary N) is 1. The van der Waals surface area contributed by atoms with Crippen LogP contribution in [0.5, 0.6) is 0 Å². The summed E-state index contributed by atoms with van der Waals surface area (Å²) < 4.78 is 5.61. The van der Waals surface area contributed by atoms with Gasteiger partial charge in [-0.05, 0) is 44.0 Å². The Labute approximate surface area is 213 Å². The normalized spacial score (nSPS) is 18.0. The maximum absolute atomic E-state index is 12.9. The number of aldehydes is 1. The van der Waals surface area contributed by atoms with Crippen LogP contribution in [0.2, 0.25) is 0 Å². The first-order valence-electron chi connectivity index (χ1n) is 12.4. The average Bonchev–Trinajstić information content (AvgIpc) is 2.88. The Kier molecular flexibility index (Phi) is 9.75. The van der Waals surface area contributed by atoms with Gasteiger partial charge in [-0.25, -0.2) is 0 Å². The molecule has 1 aliphatic rings. The molecule has 8 heteroatoms. The second kappa shape index (κ2) is 12.8. The second-order valence-corrected chi connectivity index (χ2v) is 9.97. The number of carbonyl (C=O) groups is 3. The van der Waals surface area contributed by atoms with E-state index >= 15 is 0 Å². The smallest absolute Gasteiger partial charge is 0.241 e. The summed E-state index contributed by atoms with van der Waals surface area (Å²) in [6.07, 6.45) is 2.34. The zero-order valence-corrected chi connectivity index (χ0v) is 21.2. The molecule has 1 fully saturated rings. The number of likely N-dealkylation sites (tertiary alicyclic amines) is 1. The first-order valence-corrected chi connectivity index (χ1v) is 12.4. The fourth-order valence-corrected chi connectivity index (χ4v) is 4.65. The molecule has 4 N–H and O–H groups in total. The Balaban J connectivity index is 1.53. The lowest BCUT2D eigenvalue weighted by Gasteiger charge is -2.44. The van der Waals surface area contributed by atoms with E-state index in [2.05, 4.69) is 27.7 Å². The van der Waals surface area contributed by atoms with E-state index in [9.17, 15) is 14.4 Å². The predicted molar refractivity (Wildman–Crippen MR) is 139 cm³/mol. The summed E-state index contributed by atoms with van der Waals surface area (Å²) >= 11 is 0. The lowest BCUT2D eigenvalue weighted by atomic mass is 9.72. The second-order valence-electron chi connectivity index (χ2n) is 9.97. The molecule has 2 amide bonds. The van der Waals surface area contributed by atoms with Gasteiger partial charge in [-0.15, -0.1) is 0 Å². The van der Waals surface area contributed by atoms with E-state index in [0.29, 0.717) is 26.0 Å². The van der Waals surface area contributed by atoms with Gasteiger partial charge in [0.25, 0.3) is 0 Å². The molecule has 8 nitrogen and oxygen atoms in total. The van der Waals surface area contributed by atoms with Crippen molar-refractivity contribution in [3.63, 3.8) is 0 Å². The van der Waals surface area contributed by atoms with Crippen molar-refractivity contribution in [1.82, 2.24) is 15.5 Å². The molecule has 1 heterocycles. The van der Waals surface area contributed by atoms with Gasteiger partial charge < -0.3 is 30.8 Å².